The lowest BCUT2D eigenvalue weighted by molar-refractivity contribution is 0.102. The number of nitrogens with one attached hydrogen (secondary N) is 1. The minimum absolute atomic E-state index is 0.143. The molecule has 7 nitrogen and oxygen atoms in total. The Balaban J connectivity index is 2.14. The van der Waals surface area contributed by atoms with Gasteiger partial charge in [0.2, 0.25) is 10.0 Å². The second kappa shape index (κ2) is 9.51. The lowest BCUT2D eigenvalue weighted by atomic mass is 10.2. The summed E-state index contributed by atoms with van der Waals surface area (Å²) < 4.78 is 49.9. The molecule has 1 N–H and O–H groups in total. The van der Waals surface area contributed by atoms with Crippen molar-refractivity contribution in [1.82, 2.24) is 4.31 Å². The number of hydrogen-bond acceptors (Lipinski definition) is 5. The van der Waals surface area contributed by atoms with Crippen LogP contribution in [0.5, 0.6) is 0 Å². The molecule has 0 spiro atoms. The van der Waals surface area contributed by atoms with Gasteiger partial charge in [-0.2, -0.15) is 4.31 Å². The molecule has 0 heterocycles. The highest BCUT2D eigenvalue weighted by Crippen LogP contribution is 2.19. The van der Waals surface area contributed by atoms with E-state index in [2.05, 4.69) is 5.32 Å². The normalized spacial score (nSPS) is 12.1. The number of carbonyl (C=O) groups is 1. The fraction of sp³-hybridized carbons (Fsp3) is 0.350. The molecule has 0 aliphatic heterocycles. The van der Waals surface area contributed by atoms with Crippen molar-refractivity contribution < 1.29 is 21.6 Å². The molecule has 0 bridgehead atoms. The number of anilines is 1. The maximum Gasteiger partial charge on any atom is 0.255 e. The maximum absolute atomic E-state index is 12.7. The molecule has 0 atom stereocenters. The Hall–Kier alpha value is -2.23. The number of unbranched alkanes of at least 4 members (excludes halogenated alkanes) is 1. The van der Waals surface area contributed by atoms with Crippen LogP contribution >= 0.6 is 0 Å². The van der Waals surface area contributed by atoms with Crippen molar-refractivity contribution in [2.75, 3.05) is 24.7 Å². The summed E-state index contributed by atoms with van der Waals surface area (Å²) in [5.74, 6) is -0.417. The number of carbonyl (C=O) groups excluding carboxylic acids is 1. The predicted octanol–water partition coefficient (Wildman–Crippen LogP) is 3.15. The van der Waals surface area contributed by atoms with E-state index in [1.807, 2.05) is 6.92 Å². The van der Waals surface area contributed by atoms with Gasteiger partial charge in [-0.15, -0.1) is 0 Å². The van der Waals surface area contributed by atoms with Crippen LogP contribution in [0.2, 0.25) is 0 Å². The third-order valence-electron chi connectivity index (χ3n) is 4.41. The van der Waals surface area contributed by atoms with Crippen LogP contribution < -0.4 is 5.32 Å². The van der Waals surface area contributed by atoms with Gasteiger partial charge in [-0.1, -0.05) is 20.3 Å². The van der Waals surface area contributed by atoms with Crippen LogP contribution in [-0.4, -0.2) is 46.4 Å². The van der Waals surface area contributed by atoms with Gasteiger partial charge in [0.15, 0.2) is 9.84 Å². The van der Waals surface area contributed by atoms with Gasteiger partial charge in [-0.05, 0) is 55.0 Å². The molecule has 0 saturated carbocycles. The number of benzene rings is 2. The summed E-state index contributed by atoms with van der Waals surface area (Å²) >= 11 is 0. The highest BCUT2D eigenvalue weighted by molar-refractivity contribution is 7.90. The highest BCUT2D eigenvalue weighted by Gasteiger charge is 2.22. The van der Waals surface area contributed by atoms with Gasteiger partial charge < -0.3 is 5.32 Å². The summed E-state index contributed by atoms with van der Waals surface area (Å²) in [7, 11) is -6.91. The number of rotatable bonds is 9. The molecule has 2 aromatic carbocycles. The first-order chi connectivity index (χ1) is 13.6. The molecule has 0 saturated heterocycles. The second-order valence-corrected chi connectivity index (χ2v) is 10.6. The molecular formula is C20H26N2O5S2. The van der Waals surface area contributed by atoms with E-state index in [0.29, 0.717) is 24.3 Å². The van der Waals surface area contributed by atoms with E-state index in [1.165, 1.54) is 52.8 Å². The predicted molar refractivity (Wildman–Crippen MR) is 113 cm³/mol. The van der Waals surface area contributed by atoms with Gasteiger partial charge in [-0.3, -0.25) is 4.79 Å². The molecule has 2 rings (SSSR count). The number of amides is 1. The average Bonchev–Trinajstić information content (AvgIpc) is 2.68. The summed E-state index contributed by atoms with van der Waals surface area (Å²) in [6, 6.07) is 11.6. The second-order valence-electron chi connectivity index (χ2n) is 6.63. The molecule has 9 heteroatoms. The molecule has 0 aliphatic rings. The van der Waals surface area contributed by atoms with Crippen molar-refractivity contribution in [3.05, 3.63) is 54.1 Å². The Morgan fingerprint density at radius 3 is 1.93 bits per heavy atom. The topological polar surface area (TPSA) is 101 Å². The standard InChI is InChI=1S/C20H26N2O5S2/c1-4-6-15-22(5-2)29(26,27)19-11-7-16(8-12-19)20(23)21-17-9-13-18(14-10-17)28(3,24)25/h7-14H,4-6,15H2,1-3H3,(H,21,23). The number of hydrogen-bond donors (Lipinski definition) is 1. The van der Waals surface area contributed by atoms with Crippen molar-refractivity contribution >= 4 is 31.5 Å². The first kappa shape index (κ1) is 23.1. The quantitative estimate of drug-likeness (QED) is 0.648. The molecule has 0 unspecified atom stereocenters. The van der Waals surface area contributed by atoms with Crippen LogP contribution in [0.3, 0.4) is 0 Å². The summed E-state index contributed by atoms with van der Waals surface area (Å²) in [5.41, 5.74) is 0.739. The monoisotopic (exact) mass is 438 g/mol. The van der Waals surface area contributed by atoms with E-state index in [4.69, 9.17) is 0 Å². The first-order valence-electron chi connectivity index (χ1n) is 9.31. The zero-order valence-electron chi connectivity index (χ0n) is 16.8. The maximum atomic E-state index is 12.7. The molecule has 2 aromatic rings. The van der Waals surface area contributed by atoms with Crippen molar-refractivity contribution in [3.8, 4) is 0 Å². The van der Waals surface area contributed by atoms with Crippen molar-refractivity contribution in [1.29, 1.82) is 0 Å². The van der Waals surface area contributed by atoms with Gasteiger partial charge in [0.05, 0.1) is 9.79 Å². The first-order valence-corrected chi connectivity index (χ1v) is 12.6. The fourth-order valence-electron chi connectivity index (χ4n) is 2.70. The molecule has 0 aliphatic carbocycles. The van der Waals surface area contributed by atoms with Gasteiger partial charge in [0.1, 0.15) is 0 Å². The van der Waals surface area contributed by atoms with E-state index >= 15 is 0 Å². The van der Waals surface area contributed by atoms with Crippen molar-refractivity contribution in [2.45, 2.75) is 36.5 Å². The highest BCUT2D eigenvalue weighted by atomic mass is 32.2. The lowest BCUT2D eigenvalue weighted by Crippen LogP contribution is -2.31. The molecule has 0 radical (unpaired) electrons. The van der Waals surface area contributed by atoms with E-state index in [1.54, 1.807) is 6.92 Å². The largest absolute Gasteiger partial charge is 0.322 e. The minimum atomic E-state index is -3.60. The summed E-state index contributed by atoms with van der Waals surface area (Å²) in [5, 5.41) is 2.66. The van der Waals surface area contributed by atoms with Crippen LogP contribution in [-0.2, 0) is 19.9 Å². The number of sulfone groups is 1. The average molecular weight is 439 g/mol. The van der Waals surface area contributed by atoms with Gasteiger partial charge in [0, 0.05) is 30.6 Å². The van der Waals surface area contributed by atoms with Gasteiger partial charge in [0.25, 0.3) is 5.91 Å². The lowest BCUT2D eigenvalue weighted by Gasteiger charge is -2.20. The summed E-state index contributed by atoms with van der Waals surface area (Å²) in [4.78, 5) is 12.7. The number of nitrogens with zero attached hydrogens (tertiary/aromatic N) is 1. The SMILES string of the molecule is CCCCN(CC)S(=O)(=O)c1ccc(C(=O)Nc2ccc(S(C)(=O)=O)cc2)cc1. The Morgan fingerprint density at radius 2 is 1.45 bits per heavy atom. The van der Waals surface area contributed by atoms with E-state index in [0.717, 1.165) is 19.1 Å². The van der Waals surface area contributed by atoms with E-state index < -0.39 is 25.8 Å². The Morgan fingerprint density at radius 1 is 0.897 bits per heavy atom. The molecule has 29 heavy (non-hydrogen) atoms. The van der Waals surface area contributed by atoms with Crippen molar-refractivity contribution in [3.63, 3.8) is 0 Å². The van der Waals surface area contributed by atoms with E-state index in [-0.39, 0.29) is 9.79 Å². The third kappa shape index (κ3) is 5.88. The third-order valence-corrected chi connectivity index (χ3v) is 7.53. The molecule has 1 amide bonds. The van der Waals surface area contributed by atoms with Gasteiger partial charge >= 0.3 is 0 Å². The zero-order valence-corrected chi connectivity index (χ0v) is 18.4. The van der Waals surface area contributed by atoms with Crippen molar-refractivity contribution in [2.24, 2.45) is 0 Å². The minimum Gasteiger partial charge on any atom is -0.322 e. The number of sulfonamides is 1. The van der Waals surface area contributed by atoms with Crippen LogP contribution in [0.1, 0.15) is 37.0 Å². The molecule has 0 aromatic heterocycles. The molecule has 158 valence electrons. The zero-order chi connectivity index (χ0) is 21.7. The Bertz CT molecular complexity index is 1050. The molecular weight excluding hydrogens is 412 g/mol. The Kier molecular flexibility index (Phi) is 7.56. The van der Waals surface area contributed by atoms with Crippen LogP contribution in [0, 0.1) is 0 Å². The fourth-order valence-corrected chi connectivity index (χ4v) is 4.82. The Labute approximate surface area is 172 Å². The van der Waals surface area contributed by atoms with Crippen LogP contribution in [0.4, 0.5) is 5.69 Å². The summed E-state index contributed by atoms with van der Waals surface area (Å²) in [6.45, 7) is 4.64. The summed E-state index contributed by atoms with van der Waals surface area (Å²) in [6.07, 6.45) is 2.79. The van der Waals surface area contributed by atoms with E-state index in [9.17, 15) is 21.6 Å². The van der Waals surface area contributed by atoms with Crippen LogP contribution in [0.15, 0.2) is 58.3 Å². The van der Waals surface area contributed by atoms with Gasteiger partial charge in [-0.25, -0.2) is 16.8 Å². The van der Waals surface area contributed by atoms with Crippen LogP contribution in [0.25, 0.3) is 0 Å². The smallest absolute Gasteiger partial charge is 0.255 e. The molecule has 0 fully saturated rings.